The minimum atomic E-state index is -0.637. The number of nitro groups is 1. The summed E-state index contributed by atoms with van der Waals surface area (Å²) >= 11 is 0. The van der Waals surface area contributed by atoms with Gasteiger partial charge in [-0.05, 0) is 19.1 Å². The molecule has 2 amide bonds. The minimum absolute atomic E-state index is 0.0149. The zero-order valence-electron chi connectivity index (χ0n) is 8.64. The van der Waals surface area contributed by atoms with E-state index in [2.05, 4.69) is 10.6 Å². The van der Waals surface area contributed by atoms with Crippen LogP contribution in [0, 0.1) is 10.1 Å². The normalized spacial score (nSPS) is 11.6. The number of nitrogens with one attached hydrogen (secondary N) is 2. The van der Waals surface area contributed by atoms with Gasteiger partial charge in [-0.15, -0.1) is 0 Å². The molecule has 0 saturated heterocycles. The number of nitrogens with zero attached hydrogens (tertiary/aromatic N) is 1. The van der Waals surface area contributed by atoms with Gasteiger partial charge in [0.1, 0.15) is 0 Å². The average molecular weight is 224 g/mol. The highest BCUT2D eigenvalue weighted by atomic mass is 16.6. The van der Waals surface area contributed by atoms with E-state index in [0.29, 0.717) is 5.69 Å². The van der Waals surface area contributed by atoms with Crippen LogP contribution in [0.15, 0.2) is 24.3 Å². The molecule has 0 bridgehead atoms. The van der Waals surface area contributed by atoms with Crippen molar-refractivity contribution in [2.45, 2.75) is 13.1 Å². The third kappa shape index (κ3) is 3.45. The van der Waals surface area contributed by atoms with E-state index in [9.17, 15) is 14.9 Å². The number of hydrogen-bond acceptors (Lipinski definition) is 4. The molecule has 1 aromatic carbocycles. The molecule has 1 rings (SSSR count). The number of anilines is 1. The van der Waals surface area contributed by atoms with E-state index in [1.807, 2.05) is 0 Å². The molecule has 7 nitrogen and oxygen atoms in total. The zero-order valence-corrected chi connectivity index (χ0v) is 8.64. The Labute approximate surface area is 91.8 Å². The number of hydrogen-bond donors (Lipinski definition) is 3. The lowest BCUT2D eigenvalue weighted by atomic mass is 10.3. The number of rotatable bonds is 4. The molecular formula is C9H12N4O3. The van der Waals surface area contributed by atoms with Gasteiger partial charge < -0.3 is 16.4 Å². The van der Waals surface area contributed by atoms with E-state index in [-0.39, 0.29) is 11.9 Å². The summed E-state index contributed by atoms with van der Waals surface area (Å²) < 4.78 is 0. The third-order valence-corrected chi connectivity index (χ3v) is 1.82. The summed E-state index contributed by atoms with van der Waals surface area (Å²) in [6.45, 7) is 1.70. The molecule has 0 aliphatic rings. The molecular weight excluding hydrogens is 212 g/mol. The molecule has 0 aliphatic heterocycles. The smallest absolute Gasteiger partial charge is 0.313 e. The lowest BCUT2D eigenvalue weighted by Gasteiger charge is -2.15. The Bertz CT molecular complexity index is 390. The van der Waals surface area contributed by atoms with Crippen LogP contribution in [0.4, 0.5) is 16.2 Å². The molecule has 0 saturated carbocycles. The molecule has 0 radical (unpaired) electrons. The molecule has 0 heterocycles. The van der Waals surface area contributed by atoms with Crippen LogP contribution in [0.25, 0.3) is 0 Å². The van der Waals surface area contributed by atoms with E-state index in [0.717, 1.165) is 0 Å². The molecule has 4 N–H and O–H groups in total. The number of amides is 2. The van der Waals surface area contributed by atoms with Gasteiger partial charge in [-0.25, -0.2) is 4.79 Å². The number of nitro benzene ring substituents is 1. The molecule has 1 aromatic rings. The maximum Gasteiger partial charge on any atom is 0.313 e. The summed E-state index contributed by atoms with van der Waals surface area (Å²) in [5.74, 6) is 0. The fourth-order valence-corrected chi connectivity index (χ4v) is 1.18. The van der Waals surface area contributed by atoms with Gasteiger partial charge in [-0.2, -0.15) is 0 Å². The fraction of sp³-hybridized carbons (Fsp3) is 0.222. The Balaban J connectivity index is 2.61. The molecule has 86 valence electrons. The number of benzene rings is 1. The highest BCUT2D eigenvalue weighted by Crippen LogP contribution is 2.15. The van der Waals surface area contributed by atoms with Crippen LogP contribution in [0.2, 0.25) is 0 Å². The predicted molar refractivity (Wildman–Crippen MR) is 58.9 cm³/mol. The van der Waals surface area contributed by atoms with Gasteiger partial charge >= 0.3 is 6.03 Å². The number of carbonyl (C=O) groups is 1. The maximum atomic E-state index is 10.5. The summed E-state index contributed by atoms with van der Waals surface area (Å²) in [7, 11) is 0. The molecule has 0 aromatic heterocycles. The first-order chi connectivity index (χ1) is 7.49. The van der Waals surface area contributed by atoms with E-state index >= 15 is 0 Å². The van der Waals surface area contributed by atoms with Gasteiger partial charge in [0, 0.05) is 17.8 Å². The summed E-state index contributed by atoms with van der Waals surface area (Å²) in [5.41, 5.74) is 5.61. The molecule has 0 spiro atoms. The monoisotopic (exact) mass is 224 g/mol. The van der Waals surface area contributed by atoms with Crippen LogP contribution >= 0.6 is 0 Å². The van der Waals surface area contributed by atoms with Crippen molar-refractivity contribution in [2.24, 2.45) is 5.73 Å². The van der Waals surface area contributed by atoms with Crippen LogP contribution in [0.5, 0.6) is 0 Å². The Kier molecular flexibility index (Phi) is 3.65. The number of non-ortho nitro benzene ring substituents is 1. The van der Waals surface area contributed by atoms with Gasteiger partial charge in [0.15, 0.2) is 0 Å². The van der Waals surface area contributed by atoms with Crippen molar-refractivity contribution >= 4 is 17.4 Å². The first kappa shape index (κ1) is 11.8. The first-order valence-corrected chi connectivity index (χ1v) is 4.56. The van der Waals surface area contributed by atoms with Crippen molar-refractivity contribution < 1.29 is 9.72 Å². The second-order valence-corrected chi connectivity index (χ2v) is 3.18. The second-order valence-electron chi connectivity index (χ2n) is 3.18. The zero-order chi connectivity index (χ0) is 12.1. The summed E-state index contributed by atoms with van der Waals surface area (Å²) in [5, 5.41) is 15.7. The molecule has 7 heteroatoms. The first-order valence-electron chi connectivity index (χ1n) is 4.56. The van der Waals surface area contributed by atoms with Crippen molar-refractivity contribution in [3.8, 4) is 0 Å². The number of primary amides is 1. The van der Waals surface area contributed by atoms with Crippen molar-refractivity contribution in [1.29, 1.82) is 0 Å². The van der Waals surface area contributed by atoms with Crippen molar-refractivity contribution in [3.05, 3.63) is 34.4 Å². The lowest BCUT2D eigenvalue weighted by Crippen LogP contribution is -2.41. The van der Waals surface area contributed by atoms with Crippen LogP contribution < -0.4 is 16.4 Å². The van der Waals surface area contributed by atoms with Gasteiger partial charge in [0.2, 0.25) is 0 Å². The number of nitrogens with two attached hydrogens (primary N) is 1. The van der Waals surface area contributed by atoms with Gasteiger partial charge in [0.25, 0.3) is 5.69 Å². The van der Waals surface area contributed by atoms with Crippen LogP contribution in [-0.4, -0.2) is 17.1 Å². The average Bonchev–Trinajstić information content (AvgIpc) is 2.16. The standard InChI is InChI=1S/C9H12N4O3/c1-6(12-9(10)14)11-7-2-4-8(5-3-7)13(15)16/h2-6,11H,1H3,(H3,10,12,14). The topological polar surface area (TPSA) is 110 Å². The highest BCUT2D eigenvalue weighted by Gasteiger charge is 2.06. The molecule has 1 atom stereocenters. The largest absolute Gasteiger partial charge is 0.365 e. The maximum absolute atomic E-state index is 10.5. The van der Waals surface area contributed by atoms with Gasteiger partial charge in [-0.1, -0.05) is 0 Å². The Morgan fingerprint density at radius 1 is 1.44 bits per heavy atom. The fourth-order valence-electron chi connectivity index (χ4n) is 1.18. The van der Waals surface area contributed by atoms with Crippen LogP contribution in [-0.2, 0) is 0 Å². The van der Waals surface area contributed by atoms with E-state index in [1.165, 1.54) is 12.1 Å². The van der Waals surface area contributed by atoms with Crippen LogP contribution in [0.3, 0.4) is 0 Å². The Morgan fingerprint density at radius 2 is 2.00 bits per heavy atom. The van der Waals surface area contributed by atoms with E-state index in [4.69, 9.17) is 5.73 Å². The van der Waals surface area contributed by atoms with E-state index in [1.54, 1.807) is 19.1 Å². The number of carbonyl (C=O) groups excluding carboxylic acids is 1. The molecule has 0 fully saturated rings. The van der Waals surface area contributed by atoms with E-state index < -0.39 is 11.0 Å². The highest BCUT2D eigenvalue weighted by molar-refractivity contribution is 5.72. The van der Waals surface area contributed by atoms with Gasteiger partial charge in [0.05, 0.1) is 11.1 Å². The minimum Gasteiger partial charge on any atom is -0.365 e. The number of urea groups is 1. The summed E-state index contributed by atoms with van der Waals surface area (Å²) in [6.07, 6.45) is -0.348. The summed E-state index contributed by atoms with van der Waals surface area (Å²) in [4.78, 5) is 20.4. The van der Waals surface area contributed by atoms with Gasteiger partial charge in [-0.3, -0.25) is 10.1 Å². The molecule has 0 aliphatic carbocycles. The third-order valence-electron chi connectivity index (χ3n) is 1.82. The second kappa shape index (κ2) is 4.96. The van der Waals surface area contributed by atoms with Crippen molar-refractivity contribution in [2.75, 3.05) is 5.32 Å². The van der Waals surface area contributed by atoms with Crippen LogP contribution in [0.1, 0.15) is 6.92 Å². The molecule has 16 heavy (non-hydrogen) atoms. The Hall–Kier alpha value is -2.31. The lowest BCUT2D eigenvalue weighted by molar-refractivity contribution is -0.384. The predicted octanol–water partition coefficient (Wildman–Crippen LogP) is 1.02. The SMILES string of the molecule is CC(NC(N)=O)Nc1ccc([N+](=O)[O-])cc1. The van der Waals surface area contributed by atoms with Crippen molar-refractivity contribution in [3.63, 3.8) is 0 Å². The Morgan fingerprint density at radius 3 is 2.44 bits per heavy atom. The molecule has 1 unspecified atom stereocenters. The van der Waals surface area contributed by atoms with Crippen molar-refractivity contribution in [1.82, 2.24) is 5.32 Å². The quantitative estimate of drug-likeness (QED) is 0.402. The summed E-state index contributed by atoms with van der Waals surface area (Å²) in [6, 6.07) is 5.22.